The van der Waals surface area contributed by atoms with Crippen molar-refractivity contribution in [3.05, 3.63) is 94.8 Å². The first kappa shape index (κ1) is 33.1. The molecule has 45 heavy (non-hydrogen) atoms. The van der Waals surface area contributed by atoms with E-state index in [0.29, 0.717) is 37.1 Å². The number of aliphatic hydroxyl groups is 1. The number of benzene rings is 2. The van der Waals surface area contributed by atoms with Crippen LogP contribution in [0.1, 0.15) is 83.9 Å². The zero-order valence-corrected chi connectivity index (χ0v) is 26.2. The van der Waals surface area contributed by atoms with Crippen LogP contribution in [0.4, 0.5) is 13.2 Å². The van der Waals surface area contributed by atoms with Crippen LogP contribution in [0.25, 0.3) is 0 Å². The van der Waals surface area contributed by atoms with Crippen LogP contribution in [0.3, 0.4) is 0 Å². The van der Waals surface area contributed by atoms with Gasteiger partial charge in [0.05, 0.1) is 46.5 Å². The van der Waals surface area contributed by atoms with E-state index >= 15 is 0 Å². The van der Waals surface area contributed by atoms with E-state index in [1.807, 2.05) is 24.3 Å². The van der Waals surface area contributed by atoms with E-state index in [2.05, 4.69) is 22.3 Å². The fraction of sp³-hybridized carbons (Fsp3) is 0.471. The summed E-state index contributed by atoms with van der Waals surface area (Å²) in [5.74, 6) is -1.49. The molecule has 0 saturated heterocycles. The van der Waals surface area contributed by atoms with E-state index in [4.69, 9.17) is 4.98 Å². The predicted molar refractivity (Wildman–Crippen MR) is 165 cm³/mol. The second kappa shape index (κ2) is 14.0. The minimum absolute atomic E-state index is 0.0132. The number of hydrogen-bond donors (Lipinski definition) is 2. The van der Waals surface area contributed by atoms with Gasteiger partial charge in [0.1, 0.15) is 0 Å². The van der Waals surface area contributed by atoms with E-state index in [1.165, 1.54) is 23.9 Å². The van der Waals surface area contributed by atoms with E-state index in [0.717, 1.165) is 24.1 Å². The summed E-state index contributed by atoms with van der Waals surface area (Å²) in [6, 6.07) is 17.3. The van der Waals surface area contributed by atoms with Crippen LogP contribution in [-0.4, -0.2) is 54.4 Å². The first-order chi connectivity index (χ1) is 21.5. The molecule has 1 fully saturated rings. The van der Waals surface area contributed by atoms with Crippen LogP contribution in [0, 0.1) is 11.8 Å². The SMILES string of the molecule is CCS(=O)(=O)c1ccc([C@H](CO)NC(=O)c2cnc3c(c2)CN(C[C@H]2CC[C@H](C(F)(F)F)CC2)[C@H]3CCc2ccccc2)cc1. The van der Waals surface area contributed by atoms with E-state index in [-0.39, 0.29) is 42.1 Å². The molecule has 11 heteroatoms. The molecule has 0 unspecified atom stereocenters. The summed E-state index contributed by atoms with van der Waals surface area (Å²) in [7, 11) is -3.37. The number of amides is 1. The maximum Gasteiger partial charge on any atom is 0.391 e. The number of alkyl halides is 3. The Morgan fingerprint density at radius 3 is 2.38 bits per heavy atom. The first-order valence-electron chi connectivity index (χ1n) is 15.6. The molecule has 1 aromatic heterocycles. The number of aryl methyl sites for hydroxylation is 1. The van der Waals surface area contributed by atoms with Crippen molar-refractivity contribution in [2.24, 2.45) is 11.8 Å². The molecule has 0 spiro atoms. The maximum atomic E-state index is 13.3. The fourth-order valence-corrected chi connectivity index (χ4v) is 7.47. The lowest BCUT2D eigenvalue weighted by atomic mass is 9.81. The number of sulfone groups is 1. The molecule has 242 valence electrons. The summed E-state index contributed by atoms with van der Waals surface area (Å²) in [5.41, 5.74) is 3.91. The number of fused-ring (bicyclic) bond motifs is 1. The van der Waals surface area contributed by atoms with E-state index in [9.17, 15) is 31.5 Å². The molecule has 0 radical (unpaired) electrons. The number of carbonyl (C=O) groups is 1. The van der Waals surface area contributed by atoms with Crippen molar-refractivity contribution in [3.63, 3.8) is 0 Å². The Kier molecular flexibility index (Phi) is 10.3. The van der Waals surface area contributed by atoms with Crippen LogP contribution in [0.2, 0.25) is 0 Å². The third-order valence-corrected chi connectivity index (χ3v) is 11.0. The standard InChI is InChI=1S/C34H40F3N3O4S/c1-2-45(43,44)29-15-11-25(12-16-29)30(22-41)39-33(42)26-18-27-21-40(20-24-8-13-28(14-9-24)34(35,36)37)31(32(27)38-19-26)17-10-23-6-4-3-5-7-23/h3-7,11-12,15-16,18-19,24,28,30-31,41H,2,8-10,13-14,17,20-22H2,1H3,(H,39,42)/t24-,28-,30-,31-/m0/s1. The molecular weight excluding hydrogens is 603 g/mol. The highest BCUT2D eigenvalue weighted by atomic mass is 32.2. The van der Waals surface area contributed by atoms with Crippen LogP contribution in [0.15, 0.2) is 71.8 Å². The predicted octanol–water partition coefficient (Wildman–Crippen LogP) is 6.20. The minimum Gasteiger partial charge on any atom is -0.394 e. The number of nitrogens with one attached hydrogen (secondary N) is 1. The van der Waals surface area contributed by atoms with Gasteiger partial charge in [-0.05, 0) is 79.3 Å². The van der Waals surface area contributed by atoms with Crippen LogP contribution in [0.5, 0.6) is 0 Å². The highest BCUT2D eigenvalue weighted by Crippen LogP contribution is 2.42. The number of aliphatic hydroxyl groups excluding tert-OH is 1. The lowest BCUT2D eigenvalue weighted by Gasteiger charge is -2.34. The van der Waals surface area contributed by atoms with Gasteiger partial charge in [-0.2, -0.15) is 13.2 Å². The Morgan fingerprint density at radius 1 is 1.07 bits per heavy atom. The molecule has 1 aliphatic carbocycles. The molecule has 1 amide bonds. The lowest BCUT2D eigenvalue weighted by Crippen LogP contribution is -2.34. The summed E-state index contributed by atoms with van der Waals surface area (Å²) in [6.07, 6.45) is 0.418. The fourth-order valence-electron chi connectivity index (χ4n) is 6.59. The number of aromatic nitrogens is 1. The summed E-state index contributed by atoms with van der Waals surface area (Å²) in [5, 5.41) is 12.9. The molecule has 2 N–H and O–H groups in total. The summed E-state index contributed by atoms with van der Waals surface area (Å²) in [6.45, 7) is 2.42. The monoisotopic (exact) mass is 643 g/mol. The Bertz CT molecular complexity index is 1560. The highest BCUT2D eigenvalue weighted by Gasteiger charge is 2.42. The number of pyridine rings is 1. The molecular formula is C34H40F3N3O4S. The third-order valence-electron chi connectivity index (χ3n) is 9.25. The van der Waals surface area contributed by atoms with E-state index < -0.39 is 33.9 Å². The molecule has 0 bridgehead atoms. The van der Waals surface area contributed by atoms with E-state index in [1.54, 1.807) is 19.1 Å². The van der Waals surface area contributed by atoms with Crippen molar-refractivity contribution >= 4 is 15.7 Å². The number of nitrogens with zero attached hydrogens (tertiary/aromatic N) is 2. The lowest BCUT2D eigenvalue weighted by molar-refractivity contribution is -0.184. The highest BCUT2D eigenvalue weighted by molar-refractivity contribution is 7.91. The number of carbonyl (C=O) groups excluding carboxylic acids is 1. The number of rotatable bonds is 11. The van der Waals surface area contributed by atoms with Crippen LogP contribution >= 0.6 is 0 Å². The van der Waals surface area contributed by atoms with Gasteiger partial charge in [0.2, 0.25) is 0 Å². The topological polar surface area (TPSA) is 99.6 Å². The molecule has 2 aromatic carbocycles. The van der Waals surface area contributed by atoms with Gasteiger partial charge in [0.15, 0.2) is 9.84 Å². The largest absolute Gasteiger partial charge is 0.394 e. The van der Waals surface area contributed by atoms with Gasteiger partial charge in [0.25, 0.3) is 5.91 Å². The van der Waals surface area contributed by atoms with Gasteiger partial charge in [-0.25, -0.2) is 8.42 Å². The van der Waals surface area contributed by atoms with Crippen molar-refractivity contribution in [2.45, 2.75) is 75.1 Å². The van der Waals surface area contributed by atoms with Gasteiger partial charge < -0.3 is 10.4 Å². The van der Waals surface area contributed by atoms with Gasteiger partial charge >= 0.3 is 6.18 Å². The second-order valence-corrected chi connectivity index (χ2v) is 14.5. The molecule has 3 aromatic rings. The first-order valence-corrected chi connectivity index (χ1v) is 17.2. The Hall–Kier alpha value is -3.28. The van der Waals surface area contributed by atoms with Gasteiger partial charge in [0, 0.05) is 19.3 Å². The van der Waals surface area contributed by atoms with Crippen molar-refractivity contribution in [2.75, 3.05) is 18.9 Å². The van der Waals surface area contributed by atoms with Gasteiger partial charge in [-0.15, -0.1) is 0 Å². The molecule has 2 heterocycles. The minimum atomic E-state index is -4.14. The van der Waals surface area contributed by atoms with Gasteiger partial charge in [-0.1, -0.05) is 49.4 Å². The molecule has 1 saturated carbocycles. The maximum absolute atomic E-state index is 13.3. The molecule has 5 rings (SSSR count). The Labute approximate surface area is 262 Å². The summed E-state index contributed by atoms with van der Waals surface area (Å²) in [4.78, 5) is 20.5. The second-order valence-electron chi connectivity index (χ2n) is 12.2. The van der Waals surface area contributed by atoms with Crippen molar-refractivity contribution in [1.29, 1.82) is 0 Å². The summed E-state index contributed by atoms with van der Waals surface area (Å²) >= 11 is 0. The molecule has 1 aliphatic heterocycles. The van der Waals surface area contributed by atoms with Crippen molar-refractivity contribution < 1.29 is 31.5 Å². The molecule has 7 nitrogen and oxygen atoms in total. The average molecular weight is 644 g/mol. The zero-order chi connectivity index (χ0) is 32.2. The zero-order valence-electron chi connectivity index (χ0n) is 25.3. The normalized spacial score (nSPS) is 21.3. The summed E-state index contributed by atoms with van der Waals surface area (Å²) < 4.78 is 64.1. The molecule has 2 atom stereocenters. The van der Waals surface area contributed by atoms with Crippen LogP contribution < -0.4 is 5.32 Å². The number of hydrogen-bond acceptors (Lipinski definition) is 6. The smallest absolute Gasteiger partial charge is 0.391 e. The van der Waals surface area contributed by atoms with Crippen LogP contribution in [-0.2, 0) is 22.8 Å². The van der Waals surface area contributed by atoms with Crippen molar-refractivity contribution in [3.8, 4) is 0 Å². The third kappa shape index (κ3) is 7.93. The average Bonchev–Trinajstić information content (AvgIpc) is 3.38. The molecule has 2 aliphatic rings. The quantitative estimate of drug-likeness (QED) is 0.258. The van der Waals surface area contributed by atoms with Crippen molar-refractivity contribution in [1.82, 2.24) is 15.2 Å². The van der Waals surface area contributed by atoms with Gasteiger partial charge in [-0.3, -0.25) is 14.7 Å². The number of halogens is 3. The Morgan fingerprint density at radius 2 is 1.76 bits per heavy atom. The Balaban J connectivity index is 1.30.